The first-order valence-corrected chi connectivity index (χ1v) is 5.67. The maximum atomic E-state index is 8.94. The number of piperazine rings is 1. The van der Waals surface area contributed by atoms with E-state index in [1.807, 2.05) is 0 Å². The average molecular weight is 195 g/mol. The molecule has 1 fully saturated rings. The number of rotatable bonds is 4. The van der Waals surface area contributed by atoms with Gasteiger partial charge in [0.15, 0.2) is 0 Å². The molecular formula is C11H21N3. The van der Waals surface area contributed by atoms with Crippen molar-refractivity contribution >= 4 is 0 Å². The van der Waals surface area contributed by atoms with E-state index in [0.29, 0.717) is 0 Å². The van der Waals surface area contributed by atoms with E-state index in [4.69, 9.17) is 5.26 Å². The molecule has 0 spiro atoms. The SMILES string of the molecule is CCCN1CCN(C(C#N)CC)CC1. The molecule has 0 radical (unpaired) electrons. The van der Waals surface area contributed by atoms with Crippen molar-refractivity contribution in [2.24, 2.45) is 0 Å². The molecule has 3 heteroatoms. The Morgan fingerprint density at radius 2 is 1.86 bits per heavy atom. The van der Waals surface area contributed by atoms with Crippen LogP contribution in [0.3, 0.4) is 0 Å². The van der Waals surface area contributed by atoms with E-state index in [9.17, 15) is 0 Å². The number of hydrogen-bond donors (Lipinski definition) is 0. The Labute approximate surface area is 87.3 Å². The van der Waals surface area contributed by atoms with Gasteiger partial charge in [0.05, 0.1) is 12.1 Å². The lowest BCUT2D eigenvalue weighted by Crippen LogP contribution is -2.49. The highest BCUT2D eigenvalue weighted by Crippen LogP contribution is 2.08. The van der Waals surface area contributed by atoms with Crippen molar-refractivity contribution in [2.75, 3.05) is 32.7 Å². The van der Waals surface area contributed by atoms with Gasteiger partial charge in [-0.2, -0.15) is 5.26 Å². The van der Waals surface area contributed by atoms with Crippen LogP contribution in [0.4, 0.5) is 0 Å². The molecule has 0 amide bonds. The van der Waals surface area contributed by atoms with E-state index in [1.54, 1.807) is 0 Å². The van der Waals surface area contributed by atoms with E-state index >= 15 is 0 Å². The van der Waals surface area contributed by atoms with Gasteiger partial charge in [-0.1, -0.05) is 13.8 Å². The van der Waals surface area contributed by atoms with Crippen molar-refractivity contribution in [3.8, 4) is 6.07 Å². The summed E-state index contributed by atoms with van der Waals surface area (Å²) in [5.41, 5.74) is 0. The molecule has 1 rings (SSSR count). The monoisotopic (exact) mass is 195 g/mol. The summed E-state index contributed by atoms with van der Waals surface area (Å²) in [7, 11) is 0. The van der Waals surface area contributed by atoms with Crippen LogP contribution in [0.1, 0.15) is 26.7 Å². The molecule has 1 aliphatic rings. The Balaban J connectivity index is 2.31. The largest absolute Gasteiger partial charge is 0.301 e. The Morgan fingerprint density at radius 3 is 2.29 bits per heavy atom. The standard InChI is InChI=1S/C11H21N3/c1-3-5-13-6-8-14(9-7-13)11(4-2)10-12/h11H,3-9H2,1-2H3. The summed E-state index contributed by atoms with van der Waals surface area (Å²) in [5, 5.41) is 8.94. The Kier molecular flexibility index (Phi) is 4.92. The van der Waals surface area contributed by atoms with Gasteiger partial charge in [-0.05, 0) is 19.4 Å². The van der Waals surface area contributed by atoms with Crippen molar-refractivity contribution in [2.45, 2.75) is 32.7 Å². The molecule has 0 saturated carbocycles. The molecule has 0 aromatic rings. The van der Waals surface area contributed by atoms with Gasteiger partial charge in [0.25, 0.3) is 0 Å². The highest BCUT2D eigenvalue weighted by molar-refractivity contribution is 4.92. The second-order valence-electron chi connectivity index (χ2n) is 3.93. The van der Waals surface area contributed by atoms with Crippen molar-refractivity contribution < 1.29 is 0 Å². The van der Waals surface area contributed by atoms with Crippen LogP contribution in [0.15, 0.2) is 0 Å². The maximum absolute atomic E-state index is 8.94. The van der Waals surface area contributed by atoms with E-state index in [-0.39, 0.29) is 6.04 Å². The average Bonchev–Trinajstić information content (AvgIpc) is 2.23. The lowest BCUT2D eigenvalue weighted by Gasteiger charge is -2.36. The van der Waals surface area contributed by atoms with Crippen molar-refractivity contribution in [1.29, 1.82) is 5.26 Å². The first-order valence-electron chi connectivity index (χ1n) is 5.67. The topological polar surface area (TPSA) is 30.3 Å². The fourth-order valence-corrected chi connectivity index (χ4v) is 2.05. The molecule has 0 aromatic carbocycles. The lowest BCUT2D eigenvalue weighted by molar-refractivity contribution is 0.113. The molecule has 14 heavy (non-hydrogen) atoms. The predicted molar refractivity (Wildman–Crippen MR) is 58.0 cm³/mol. The van der Waals surface area contributed by atoms with Crippen LogP contribution in [-0.4, -0.2) is 48.6 Å². The zero-order chi connectivity index (χ0) is 10.4. The third-order valence-electron chi connectivity index (χ3n) is 2.92. The van der Waals surface area contributed by atoms with E-state index in [1.165, 1.54) is 13.0 Å². The summed E-state index contributed by atoms with van der Waals surface area (Å²) in [6.45, 7) is 9.90. The minimum Gasteiger partial charge on any atom is -0.301 e. The summed E-state index contributed by atoms with van der Waals surface area (Å²) in [6.07, 6.45) is 2.18. The normalized spacial score (nSPS) is 21.8. The van der Waals surface area contributed by atoms with Crippen molar-refractivity contribution in [1.82, 2.24) is 9.80 Å². The van der Waals surface area contributed by atoms with Gasteiger partial charge >= 0.3 is 0 Å². The molecule has 3 nitrogen and oxygen atoms in total. The van der Waals surface area contributed by atoms with Gasteiger partial charge in [0.1, 0.15) is 0 Å². The Morgan fingerprint density at radius 1 is 1.21 bits per heavy atom. The second kappa shape index (κ2) is 6.00. The first-order chi connectivity index (χ1) is 6.81. The second-order valence-corrected chi connectivity index (χ2v) is 3.93. The highest BCUT2D eigenvalue weighted by Gasteiger charge is 2.21. The number of nitrogens with zero attached hydrogens (tertiary/aromatic N) is 3. The van der Waals surface area contributed by atoms with Crippen LogP contribution in [-0.2, 0) is 0 Å². The molecule has 0 bridgehead atoms. The third kappa shape index (κ3) is 2.97. The zero-order valence-electron chi connectivity index (χ0n) is 9.37. The molecule has 1 aliphatic heterocycles. The Hall–Kier alpha value is -0.590. The van der Waals surface area contributed by atoms with Crippen molar-refractivity contribution in [3.63, 3.8) is 0 Å². The number of hydrogen-bond acceptors (Lipinski definition) is 3. The summed E-state index contributed by atoms with van der Waals surface area (Å²) in [4.78, 5) is 4.80. The summed E-state index contributed by atoms with van der Waals surface area (Å²) < 4.78 is 0. The van der Waals surface area contributed by atoms with E-state index in [2.05, 4.69) is 29.7 Å². The van der Waals surface area contributed by atoms with Gasteiger partial charge < -0.3 is 4.90 Å². The fraction of sp³-hybridized carbons (Fsp3) is 0.909. The molecular weight excluding hydrogens is 174 g/mol. The summed E-state index contributed by atoms with van der Waals surface area (Å²) in [5.74, 6) is 0. The van der Waals surface area contributed by atoms with E-state index < -0.39 is 0 Å². The van der Waals surface area contributed by atoms with Crippen LogP contribution >= 0.6 is 0 Å². The molecule has 1 heterocycles. The van der Waals surface area contributed by atoms with Gasteiger partial charge in [-0.15, -0.1) is 0 Å². The van der Waals surface area contributed by atoms with E-state index in [0.717, 1.165) is 32.6 Å². The quantitative estimate of drug-likeness (QED) is 0.677. The molecule has 1 saturated heterocycles. The van der Waals surface area contributed by atoms with Gasteiger partial charge in [0.2, 0.25) is 0 Å². The minimum absolute atomic E-state index is 0.138. The van der Waals surface area contributed by atoms with Gasteiger partial charge in [-0.3, -0.25) is 4.90 Å². The predicted octanol–water partition coefficient (Wildman–Crippen LogP) is 1.32. The van der Waals surface area contributed by atoms with Crippen LogP contribution < -0.4 is 0 Å². The van der Waals surface area contributed by atoms with Crippen LogP contribution in [0.5, 0.6) is 0 Å². The lowest BCUT2D eigenvalue weighted by atomic mass is 10.2. The van der Waals surface area contributed by atoms with Crippen molar-refractivity contribution in [3.05, 3.63) is 0 Å². The number of nitriles is 1. The fourth-order valence-electron chi connectivity index (χ4n) is 2.05. The molecule has 0 aliphatic carbocycles. The smallest absolute Gasteiger partial charge is 0.0976 e. The minimum atomic E-state index is 0.138. The summed E-state index contributed by atoms with van der Waals surface area (Å²) >= 11 is 0. The molecule has 0 aromatic heterocycles. The van der Waals surface area contributed by atoms with Gasteiger partial charge in [0, 0.05) is 26.2 Å². The highest BCUT2D eigenvalue weighted by atomic mass is 15.3. The molecule has 1 atom stereocenters. The zero-order valence-corrected chi connectivity index (χ0v) is 9.37. The Bertz CT molecular complexity index is 189. The molecule has 0 N–H and O–H groups in total. The first kappa shape index (κ1) is 11.5. The van der Waals surface area contributed by atoms with Crippen LogP contribution in [0.25, 0.3) is 0 Å². The molecule has 1 unspecified atom stereocenters. The third-order valence-corrected chi connectivity index (χ3v) is 2.92. The maximum Gasteiger partial charge on any atom is 0.0976 e. The summed E-state index contributed by atoms with van der Waals surface area (Å²) in [6, 6.07) is 2.51. The van der Waals surface area contributed by atoms with Crippen LogP contribution in [0, 0.1) is 11.3 Å². The van der Waals surface area contributed by atoms with Crippen LogP contribution in [0.2, 0.25) is 0 Å². The molecule has 80 valence electrons. The van der Waals surface area contributed by atoms with Gasteiger partial charge in [-0.25, -0.2) is 0 Å².